The molecular formula is C10H13Cl2N3S. The number of halogens is 2. The van der Waals surface area contributed by atoms with Crippen molar-refractivity contribution in [2.24, 2.45) is 4.99 Å². The van der Waals surface area contributed by atoms with Crippen LogP contribution in [0.1, 0.15) is 11.6 Å². The summed E-state index contributed by atoms with van der Waals surface area (Å²) >= 11 is 1.87. The summed E-state index contributed by atoms with van der Waals surface area (Å²) in [6.45, 7) is 2.21. The highest BCUT2D eigenvalue weighted by Gasteiger charge is 2.29. The zero-order valence-electron chi connectivity index (χ0n) is 8.57. The van der Waals surface area contributed by atoms with Crippen LogP contribution in [0.25, 0.3) is 0 Å². The van der Waals surface area contributed by atoms with E-state index in [0.717, 1.165) is 13.1 Å². The van der Waals surface area contributed by atoms with Gasteiger partial charge in [0, 0.05) is 31.2 Å². The number of hydrogen-bond donors (Lipinski definition) is 0. The second kappa shape index (κ2) is 5.75. The summed E-state index contributed by atoms with van der Waals surface area (Å²) in [6, 6.07) is 4.45. The molecule has 0 saturated carbocycles. The van der Waals surface area contributed by atoms with E-state index < -0.39 is 0 Å². The van der Waals surface area contributed by atoms with Crippen molar-refractivity contribution in [1.82, 2.24) is 9.88 Å². The van der Waals surface area contributed by atoms with Gasteiger partial charge in [-0.3, -0.25) is 9.98 Å². The molecule has 0 N–H and O–H groups in total. The van der Waals surface area contributed by atoms with Crippen LogP contribution >= 0.6 is 36.6 Å². The molecule has 3 nitrogen and oxygen atoms in total. The highest BCUT2D eigenvalue weighted by molar-refractivity contribution is 8.14. The van der Waals surface area contributed by atoms with E-state index in [1.807, 2.05) is 24.2 Å². The number of hydrogen-bond acceptors (Lipinski definition) is 4. The van der Waals surface area contributed by atoms with Crippen molar-refractivity contribution in [2.75, 3.05) is 18.8 Å². The Morgan fingerprint density at radius 3 is 2.69 bits per heavy atom. The summed E-state index contributed by atoms with van der Waals surface area (Å²) in [5.41, 5.74) is 1.28. The minimum atomic E-state index is 0. The molecular weight excluding hydrogens is 265 g/mol. The maximum absolute atomic E-state index is 4.70. The molecule has 0 aliphatic carbocycles. The number of aromatic nitrogens is 1. The van der Waals surface area contributed by atoms with Gasteiger partial charge in [0.2, 0.25) is 0 Å². The molecule has 0 aromatic carbocycles. The Balaban J connectivity index is 0.000000640. The number of aliphatic imine (C=N–C) groups is 1. The fraction of sp³-hybridized carbons (Fsp3) is 0.400. The summed E-state index contributed by atoms with van der Waals surface area (Å²) in [4.78, 5) is 11.1. The largest absolute Gasteiger partial charge is 0.348 e. The van der Waals surface area contributed by atoms with Gasteiger partial charge in [0.05, 0.1) is 6.04 Å². The van der Waals surface area contributed by atoms with Gasteiger partial charge in [-0.15, -0.1) is 24.8 Å². The van der Waals surface area contributed by atoms with Crippen molar-refractivity contribution >= 4 is 41.7 Å². The van der Waals surface area contributed by atoms with Crippen molar-refractivity contribution in [3.63, 3.8) is 0 Å². The van der Waals surface area contributed by atoms with E-state index in [1.165, 1.54) is 16.5 Å². The first-order chi connectivity index (χ1) is 6.93. The molecule has 1 unspecified atom stereocenters. The molecule has 0 radical (unpaired) electrons. The van der Waals surface area contributed by atoms with E-state index in [0.29, 0.717) is 6.04 Å². The van der Waals surface area contributed by atoms with Crippen LogP contribution in [-0.4, -0.2) is 33.9 Å². The topological polar surface area (TPSA) is 28.5 Å². The molecule has 0 amide bonds. The Hall–Kier alpha value is -0.450. The number of rotatable bonds is 1. The maximum Gasteiger partial charge on any atom is 0.160 e. The van der Waals surface area contributed by atoms with Crippen LogP contribution in [-0.2, 0) is 0 Å². The number of nitrogens with zero attached hydrogens (tertiary/aromatic N) is 3. The Bertz CT molecular complexity index is 372. The lowest BCUT2D eigenvalue weighted by Crippen LogP contribution is -2.21. The van der Waals surface area contributed by atoms with Crippen LogP contribution < -0.4 is 0 Å². The van der Waals surface area contributed by atoms with Crippen molar-refractivity contribution in [1.29, 1.82) is 0 Å². The first-order valence-electron chi connectivity index (χ1n) is 4.79. The lowest BCUT2D eigenvalue weighted by atomic mass is 10.1. The quantitative estimate of drug-likeness (QED) is 0.789. The number of amidine groups is 1. The van der Waals surface area contributed by atoms with E-state index in [1.54, 1.807) is 0 Å². The zero-order valence-corrected chi connectivity index (χ0v) is 11.0. The van der Waals surface area contributed by atoms with Crippen LogP contribution in [0.3, 0.4) is 0 Å². The van der Waals surface area contributed by atoms with E-state index in [4.69, 9.17) is 4.99 Å². The van der Waals surface area contributed by atoms with E-state index in [-0.39, 0.29) is 24.8 Å². The summed E-state index contributed by atoms with van der Waals surface area (Å²) < 4.78 is 0. The standard InChI is InChI=1S/C10H11N3S.2ClH/c1-3-11-4-2-8(1)9-7-13-5-6-14-10(13)12-9;;/h1-4,9H,5-7H2;2*1H. The highest BCUT2D eigenvalue weighted by Crippen LogP contribution is 2.31. The van der Waals surface area contributed by atoms with Gasteiger partial charge in [-0.2, -0.15) is 0 Å². The van der Waals surface area contributed by atoms with Crippen molar-refractivity contribution < 1.29 is 0 Å². The van der Waals surface area contributed by atoms with Gasteiger partial charge in [-0.05, 0) is 17.7 Å². The van der Waals surface area contributed by atoms with Gasteiger partial charge in [-0.25, -0.2) is 0 Å². The first kappa shape index (κ1) is 13.6. The molecule has 2 aliphatic heterocycles. The van der Waals surface area contributed by atoms with Crippen LogP contribution in [0.2, 0.25) is 0 Å². The summed E-state index contributed by atoms with van der Waals surface area (Å²) in [7, 11) is 0. The van der Waals surface area contributed by atoms with Gasteiger partial charge in [0.15, 0.2) is 5.17 Å². The second-order valence-corrected chi connectivity index (χ2v) is 4.56. The number of thioether (sulfide) groups is 1. The van der Waals surface area contributed by atoms with Gasteiger partial charge in [0.25, 0.3) is 0 Å². The average Bonchev–Trinajstić information content (AvgIpc) is 2.78. The molecule has 88 valence electrons. The van der Waals surface area contributed by atoms with Gasteiger partial charge < -0.3 is 4.90 Å². The molecule has 6 heteroatoms. The first-order valence-corrected chi connectivity index (χ1v) is 5.77. The Morgan fingerprint density at radius 1 is 1.25 bits per heavy atom. The van der Waals surface area contributed by atoms with Crippen LogP contribution in [0.15, 0.2) is 29.5 Å². The normalized spacial score (nSPS) is 21.9. The monoisotopic (exact) mass is 277 g/mol. The van der Waals surface area contributed by atoms with Crippen molar-refractivity contribution in [3.05, 3.63) is 30.1 Å². The second-order valence-electron chi connectivity index (χ2n) is 3.50. The molecule has 0 bridgehead atoms. The van der Waals surface area contributed by atoms with Crippen molar-refractivity contribution in [2.45, 2.75) is 6.04 Å². The minimum absolute atomic E-state index is 0. The van der Waals surface area contributed by atoms with Crippen LogP contribution in [0.5, 0.6) is 0 Å². The Morgan fingerprint density at radius 2 is 2.00 bits per heavy atom. The zero-order chi connectivity index (χ0) is 9.38. The SMILES string of the molecule is Cl.Cl.c1cc(C2CN3CCSC3=N2)ccn1. The van der Waals surface area contributed by atoms with Crippen molar-refractivity contribution in [3.8, 4) is 0 Å². The van der Waals surface area contributed by atoms with Crippen LogP contribution in [0.4, 0.5) is 0 Å². The average molecular weight is 278 g/mol. The predicted octanol–water partition coefficient (Wildman–Crippen LogP) is 2.38. The third-order valence-corrected chi connectivity index (χ3v) is 3.62. The minimum Gasteiger partial charge on any atom is -0.348 e. The predicted molar refractivity (Wildman–Crippen MR) is 72.9 cm³/mol. The molecule has 1 fully saturated rings. The molecule has 1 aromatic rings. The molecule has 3 heterocycles. The third-order valence-electron chi connectivity index (χ3n) is 2.61. The van der Waals surface area contributed by atoms with Crippen LogP contribution in [0, 0.1) is 0 Å². The molecule has 1 saturated heterocycles. The van der Waals surface area contributed by atoms with E-state index >= 15 is 0 Å². The lowest BCUT2D eigenvalue weighted by Gasteiger charge is -2.12. The molecule has 2 aliphatic rings. The molecule has 1 atom stereocenters. The fourth-order valence-corrected chi connectivity index (χ4v) is 2.92. The third kappa shape index (κ3) is 2.44. The fourth-order valence-electron chi connectivity index (χ4n) is 1.87. The van der Waals surface area contributed by atoms with E-state index in [2.05, 4.69) is 22.0 Å². The molecule has 0 spiro atoms. The van der Waals surface area contributed by atoms with Gasteiger partial charge in [-0.1, -0.05) is 11.8 Å². The molecule has 3 rings (SSSR count). The Kier molecular flexibility index (Phi) is 4.89. The Labute approximate surface area is 112 Å². The van der Waals surface area contributed by atoms with Gasteiger partial charge >= 0.3 is 0 Å². The number of pyridine rings is 1. The summed E-state index contributed by atoms with van der Waals surface area (Å²) in [6.07, 6.45) is 3.68. The summed E-state index contributed by atoms with van der Waals surface area (Å²) in [5, 5.41) is 1.23. The smallest absolute Gasteiger partial charge is 0.160 e. The van der Waals surface area contributed by atoms with Gasteiger partial charge in [0.1, 0.15) is 0 Å². The van der Waals surface area contributed by atoms with E-state index in [9.17, 15) is 0 Å². The lowest BCUT2D eigenvalue weighted by molar-refractivity contribution is 0.464. The maximum atomic E-state index is 4.70. The highest BCUT2D eigenvalue weighted by atomic mass is 35.5. The molecule has 1 aromatic heterocycles. The number of fused-ring (bicyclic) bond motifs is 1. The summed E-state index contributed by atoms with van der Waals surface area (Å²) in [5.74, 6) is 1.20. The molecule has 16 heavy (non-hydrogen) atoms.